The van der Waals surface area contributed by atoms with Crippen LogP contribution in [0.3, 0.4) is 0 Å². The van der Waals surface area contributed by atoms with E-state index in [1.807, 2.05) is 30.3 Å². The molecule has 0 aromatic heterocycles. The first kappa shape index (κ1) is 19.8. The highest BCUT2D eigenvalue weighted by Gasteiger charge is 2.58. The van der Waals surface area contributed by atoms with E-state index in [0.717, 1.165) is 43.0 Å². The number of nitrogens with zero attached hydrogens (tertiary/aromatic N) is 1. The fourth-order valence-corrected chi connectivity index (χ4v) is 5.64. The highest BCUT2D eigenvalue weighted by atomic mass is 79.9. The summed E-state index contributed by atoms with van der Waals surface area (Å²) in [7, 11) is 4.49. The molecule has 144 valence electrons. The monoisotopic (exact) mass is 423 g/mol. The van der Waals surface area contributed by atoms with Gasteiger partial charge in [-0.25, -0.2) is 4.79 Å². The van der Waals surface area contributed by atoms with Gasteiger partial charge < -0.3 is 31.3 Å². The molecule has 4 nitrogen and oxygen atoms in total. The minimum atomic E-state index is -1.50. The van der Waals surface area contributed by atoms with Crippen molar-refractivity contribution in [2.75, 3.05) is 14.1 Å². The summed E-state index contributed by atoms with van der Waals surface area (Å²) in [5.74, 6) is -0.466. The normalized spacial score (nSPS) is 32.0. The number of ether oxygens (including phenoxy) is 1. The van der Waals surface area contributed by atoms with E-state index in [4.69, 9.17) is 4.74 Å². The molecule has 4 atom stereocenters. The van der Waals surface area contributed by atoms with E-state index < -0.39 is 11.6 Å². The molecule has 3 aliphatic rings. The molecule has 2 aliphatic heterocycles. The number of hydrogen-bond donors (Lipinski definition) is 1. The maximum Gasteiger partial charge on any atom is 0.343 e. The third-order valence-electron chi connectivity index (χ3n) is 7.25. The van der Waals surface area contributed by atoms with E-state index in [0.29, 0.717) is 17.6 Å². The summed E-state index contributed by atoms with van der Waals surface area (Å²) >= 11 is 0. The molecule has 1 unspecified atom stereocenters. The lowest BCUT2D eigenvalue weighted by molar-refractivity contribution is -0.913. The van der Waals surface area contributed by atoms with Crippen molar-refractivity contribution < 1.29 is 36.1 Å². The number of hydrogen-bond acceptors (Lipinski definition) is 3. The molecule has 1 saturated carbocycles. The predicted octanol–water partition coefficient (Wildman–Crippen LogP) is -0.00870. The number of aliphatic hydroxyl groups is 1. The van der Waals surface area contributed by atoms with Gasteiger partial charge in [0.25, 0.3) is 0 Å². The molecular weight excluding hydrogens is 394 g/mol. The first-order valence-corrected chi connectivity index (χ1v) is 9.76. The second-order valence-corrected chi connectivity index (χ2v) is 8.72. The van der Waals surface area contributed by atoms with Crippen LogP contribution >= 0.6 is 0 Å². The van der Waals surface area contributed by atoms with Crippen LogP contribution in [0.2, 0.25) is 0 Å². The quantitative estimate of drug-likeness (QED) is 0.547. The highest BCUT2D eigenvalue weighted by Crippen LogP contribution is 2.46. The number of rotatable bonds is 4. The van der Waals surface area contributed by atoms with E-state index in [1.54, 1.807) is 0 Å². The number of fused-ring (bicyclic) bond motifs is 2. The Morgan fingerprint density at radius 1 is 1.12 bits per heavy atom. The molecule has 1 aliphatic carbocycles. The standard InChI is InChI=1S/C21H30NO3.BrH/c1-22(2)17-12-13-18(22)19(14-17)25-20(23)21(24,16-10-6-7-11-16)15-8-4-3-5-9-15;/h3-5,8-9,16-19,24H,6-7,10-14H2,1-2H3;1H/q+1;/p-1/t17?,18-,19-,21-;/m0./s1. The van der Waals surface area contributed by atoms with Crippen LogP contribution in [0.25, 0.3) is 0 Å². The van der Waals surface area contributed by atoms with E-state index >= 15 is 0 Å². The summed E-state index contributed by atoms with van der Waals surface area (Å²) in [5, 5.41) is 11.5. The Kier molecular flexibility index (Phi) is 5.53. The van der Waals surface area contributed by atoms with Gasteiger partial charge in [-0.2, -0.15) is 0 Å². The van der Waals surface area contributed by atoms with Crippen LogP contribution in [-0.2, 0) is 15.1 Å². The van der Waals surface area contributed by atoms with Crippen molar-refractivity contribution in [1.82, 2.24) is 0 Å². The number of quaternary nitrogens is 1. The van der Waals surface area contributed by atoms with E-state index in [9.17, 15) is 9.90 Å². The summed E-state index contributed by atoms with van der Waals surface area (Å²) in [6, 6.07) is 10.4. The lowest BCUT2D eigenvalue weighted by Crippen LogP contribution is -3.00. The molecule has 26 heavy (non-hydrogen) atoms. The maximum atomic E-state index is 13.2. The zero-order valence-corrected chi connectivity index (χ0v) is 17.3. The van der Waals surface area contributed by atoms with Gasteiger partial charge in [0.05, 0.1) is 20.1 Å². The molecule has 0 radical (unpaired) electrons. The second-order valence-electron chi connectivity index (χ2n) is 8.72. The van der Waals surface area contributed by atoms with Gasteiger partial charge in [0, 0.05) is 25.2 Å². The van der Waals surface area contributed by atoms with Crippen molar-refractivity contribution in [3.05, 3.63) is 35.9 Å². The third kappa shape index (κ3) is 3.02. The smallest absolute Gasteiger partial charge is 0.343 e. The van der Waals surface area contributed by atoms with Gasteiger partial charge in [-0.05, 0) is 18.4 Å². The fourth-order valence-electron chi connectivity index (χ4n) is 5.64. The van der Waals surface area contributed by atoms with Gasteiger partial charge in [0.15, 0.2) is 11.7 Å². The van der Waals surface area contributed by atoms with Gasteiger partial charge in [-0.1, -0.05) is 43.2 Å². The molecule has 0 spiro atoms. The Bertz CT molecular complexity index is 644. The number of carbonyl (C=O) groups is 1. The molecule has 0 amide bonds. The minimum Gasteiger partial charge on any atom is -1.00 e. The average Bonchev–Trinajstić information content (AvgIpc) is 3.30. The van der Waals surface area contributed by atoms with Crippen molar-refractivity contribution in [3.63, 3.8) is 0 Å². The van der Waals surface area contributed by atoms with Gasteiger partial charge in [0.1, 0.15) is 6.04 Å². The molecule has 2 saturated heterocycles. The summed E-state index contributed by atoms with van der Waals surface area (Å²) in [6.45, 7) is 0. The van der Waals surface area contributed by atoms with Crippen molar-refractivity contribution in [2.45, 2.75) is 68.7 Å². The summed E-state index contributed by atoms with van der Waals surface area (Å²) in [6.07, 6.45) is 7.13. The Hall–Kier alpha value is -0.910. The minimum absolute atomic E-state index is 0. The molecule has 5 heteroatoms. The van der Waals surface area contributed by atoms with E-state index in [2.05, 4.69) is 14.1 Å². The Balaban J connectivity index is 0.00000196. The SMILES string of the molecule is C[N+]1(C)C2CC[C@H]1[C@@H](OC(=O)[C@](O)(c1ccccc1)C1CCCC1)C2.[Br-]. The van der Waals surface area contributed by atoms with Crippen LogP contribution < -0.4 is 17.0 Å². The zero-order valence-electron chi connectivity index (χ0n) is 15.7. The molecule has 2 bridgehead atoms. The molecular formula is C21H30BrNO3. The van der Waals surface area contributed by atoms with Crippen LogP contribution in [0.15, 0.2) is 30.3 Å². The van der Waals surface area contributed by atoms with E-state index in [-0.39, 0.29) is 29.0 Å². The second kappa shape index (κ2) is 7.25. The summed E-state index contributed by atoms with van der Waals surface area (Å²) in [5.41, 5.74) is -0.819. The van der Waals surface area contributed by atoms with Crippen LogP contribution in [0.4, 0.5) is 0 Å². The number of esters is 1. The number of halogens is 1. The van der Waals surface area contributed by atoms with Crippen molar-refractivity contribution in [2.24, 2.45) is 5.92 Å². The fraction of sp³-hybridized carbons (Fsp3) is 0.667. The Morgan fingerprint density at radius 3 is 2.31 bits per heavy atom. The average molecular weight is 424 g/mol. The van der Waals surface area contributed by atoms with Crippen LogP contribution in [0.1, 0.15) is 50.5 Å². The summed E-state index contributed by atoms with van der Waals surface area (Å²) in [4.78, 5) is 13.2. The number of carbonyl (C=O) groups excluding carboxylic acids is 1. The lowest BCUT2D eigenvalue weighted by atomic mass is 9.80. The number of benzene rings is 1. The largest absolute Gasteiger partial charge is 1.00 e. The molecule has 3 fully saturated rings. The Labute approximate surface area is 166 Å². The topological polar surface area (TPSA) is 46.5 Å². The molecule has 2 heterocycles. The third-order valence-corrected chi connectivity index (χ3v) is 7.25. The predicted molar refractivity (Wildman–Crippen MR) is 95.7 cm³/mol. The molecule has 1 N–H and O–H groups in total. The van der Waals surface area contributed by atoms with Crippen LogP contribution in [0, 0.1) is 5.92 Å². The highest BCUT2D eigenvalue weighted by molar-refractivity contribution is 5.82. The van der Waals surface area contributed by atoms with Gasteiger partial charge in [-0.3, -0.25) is 0 Å². The molecule has 1 aromatic carbocycles. The maximum absolute atomic E-state index is 13.2. The Morgan fingerprint density at radius 2 is 1.77 bits per heavy atom. The van der Waals surface area contributed by atoms with Crippen molar-refractivity contribution in [3.8, 4) is 0 Å². The van der Waals surface area contributed by atoms with Gasteiger partial charge >= 0.3 is 5.97 Å². The molecule has 1 aromatic rings. The lowest BCUT2D eigenvalue weighted by Gasteiger charge is -2.35. The van der Waals surface area contributed by atoms with Crippen LogP contribution in [0.5, 0.6) is 0 Å². The van der Waals surface area contributed by atoms with E-state index in [1.165, 1.54) is 6.42 Å². The zero-order chi connectivity index (χ0) is 17.7. The summed E-state index contributed by atoms with van der Waals surface area (Å²) < 4.78 is 6.96. The van der Waals surface area contributed by atoms with Crippen molar-refractivity contribution >= 4 is 5.97 Å². The molecule has 4 rings (SSSR count). The first-order valence-electron chi connectivity index (χ1n) is 9.76. The van der Waals surface area contributed by atoms with Crippen molar-refractivity contribution in [1.29, 1.82) is 0 Å². The number of likely N-dealkylation sites (N-methyl/N-ethyl adjacent to an activating group) is 1. The van der Waals surface area contributed by atoms with Crippen LogP contribution in [-0.4, -0.2) is 47.8 Å². The van der Waals surface area contributed by atoms with Gasteiger partial charge in [-0.15, -0.1) is 0 Å². The van der Waals surface area contributed by atoms with Gasteiger partial charge in [0.2, 0.25) is 0 Å². The first-order chi connectivity index (χ1) is 11.9.